The number of fused-ring (bicyclic) bond motifs is 1. The van der Waals surface area contributed by atoms with Gasteiger partial charge in [0.1, 0.15) is 0 Å². The van der Waals surface area contributed by atoms with E-state index >= 15 is 0 Å². The maximum Gasteiger partial charge on any atom is 0.243 e. The quantitative estimate of drug-likeness (QED) is 0.797. The highest BCUT2D eigenvalue weighted by atomic mass is 16.5. The van der Waals surface area contributed by atoms with Gasteiger partial charge in [0.25, 0.3) is 0 Å². The smallest absolute Gasteiger partial charge is 0.243 e. The van der Waals surface area contributed by atoms with Crippen molar-refractivity contribution in [3.8, 4) is 0 Å². The first-order chi connectivity index (χ1) is 11.7. The molecule has 7 heteroatoms. The van der Waals surface area contributed by atoms with Crippen LogP contribution in [0.25, 0.3) is 11.0 Å². The van der Waals surface area contributed by atoms with Crippen LogP contribution >= 0.6 is 0 Å². The topological polar surface area (TPSA) is 74.1 Å². The van der Waals surface area contributed by atoms with E-state index in [4.69, 9.17) is 9.51 Å². The first kappa shape index (κ1) is 15.1. The fourth-order valence-corrected chi connectivity index (χ4v) is 3.26. The van der Waals surface area contributed by atoms with E-state index in [9.17, 15) is 0 Å². The zero-order chi connectivity index (χ0) is 16.5. The molecule has 1 atom stereocenters. The Morgan fingerprint density at radius 2 is 2.00 bits per heavy atom. The van der Waals surface area contributed by atoms with E-state index < -0.39 is 0 Å². The largest absolute Gasteiger partial charge is 0.341 e. The standard InChI is InChI=1S/C17H22N6O/c1-12(16-18-13(2)21-24-16)22-8-5-9-23(11-10-22)17-19-14-6-3-4-7-15(14)20-17/h3-4,6-7,12H,5,8-11H2,1-2H3,(H,19,20)/t12-/m0/s1. The summed E-state index contributed by atoms with van der Waals surface area (Å²) in [4.78, 5) is 17.2. The average molecular weight is 326 g/mol. The summed E-state index contributed by atoms with van der Waals surface area (Å²) in [5.74, 6) is 2.35. The number of hydrogen-bond donors (Lipinski definition) is 1. The first-order valence-corrected chi connectivity index (χ1v) is 8.44. The third-order valence-corrected chi connectivity index (χ3v) is 4.66. The van der Waals surface area contributed by atoms with Crippen molar-refractivity contribution in [2.45, 2.75) is 26.3 Å². The van der Waals surface area contributed by atoms with E-state index in [1.807, 2.05) is 25.1 Å². The number of aryl methyl sites for hydroxylation is 1. The Hall–Kier alpha value is -2.41. The van der Waals surface area contributed by atoms with Crippen LogP contribution in [-0.2, 0) is 0 Å². The Balaban J connectivity index is 1.47. The predicted molar refractivity (Wildman–Crippen MR) is 91.9 cm³/mol. The van der Waals surface area contributed by atoms with Gasteiger partial charge in [-0.2, -0.15) is 4.98 Å². The number of nitrogens with zero attached hydrogens (tertiary/aromatic N) is 5. The zero-order valence-corrected chi connectivity index (χ0v) is 14.1. The van der Waals surface area contributed by atoms with E-state index in [1.54, 1.807) is 0 Å². The maximum absolute atomic E-state index is 5.34. The number of anilines is 1. The van der Waals surface area contributed by atoms with Crippen LogP contribution in [0.15, 0.2) is 28.8 Å². The molecule has 3 heterocycles. The van der Waals surface area contributed by atoms with Gasteiger partial charge in [0.05, 0.1) is 17.1 Å². The number of nitrogens with one attached hydrogen (secondary N) is 1. The molecule has 3 aromatic rings. The molecule has 4 rings (SSSR count). The second-order valence-corrected chi connectivity index (χ2v) is 6.31. The first-order valence-electron chi connectivity index (χ1n) is 8.44. The third kappa shape index (κ3) is 2.87. The molecule has 0 radical (unpaired) electrons. The second-order valence-electron chi connectivity index (χ2n) is 6.31. The van der Waals surface area contributed by atoms with Gasteiger partial charge in [-0.25, -0.2) is 4.98 Å². The van der Waals surface area contributed by atoms with Gasteiger partial charge in [-0.05, 0) is 32.4 Å². The van der Waals surface area contributed by atoms with Crippen molar-refractivity contribution in [2.24, 2.45) is 0 Å². The molecular formula is C17H22N6O. The summed E-state index contributed by atoms with van der Waals surface area (Å²) in [5.41, 5.74) is 2.10. The number of aromatic amines is 1. The molecule has 0 saturated carbocycles. The van der Waals surface area contributed by atoms with Gasteiger partial charge >= 0.3 is 0 Å². The van der Waals surface area contributed by atoms with Crippen molar-refractivity contribution in [3.63, 3.8) is 0 Å². The van der Waals surface area contributed by atoms with Gasteiger partial charge in [-0.15, -0.1) is 0 Å². The van der Waals surface area contributed by atoms with Gasteiger partial charge in [0.2, 0.25) is 11.8 Å². The highest BCUT2D eigenvalue weighted by molar-refractivity contribution is 5.77. The molecule has 1 aliphatic rings. The number of H-pyrrole nitrogens is 1. The molecule has 0 bridgehead atoms. The molecule has 1 aromatic carbocycles. The molecule has 7 nitrogen and oxygen atoms in total. The number of hydrogen-bond acceptors (Lipinski definition) is 6. The van der Waals surface area contributed by atoms with Crippen molar-refractivity contribution in [1.29, 1.82) is 0 Å². The molecular weight excluding hydrogens is 304 g/mol. The lowest BCUT2D eigenvalue weighted by molar-refractivity contribution is 0.184. The van der Waals surface area contributed by atoms with Crippen LogP contribution in [0, 0.1) is 6.92 Å². The van der Waals surface area contributed by atoms with E-state index in [2.05, 4.69) is 37.9 Å². The Labute approximate surface area is 140 Å². The normalized spacial score (nSPS) is 18.0. The highest BCUT2D eigenvalue weighted by Gasteiger charge is 2.24. The molecule has 1 fully saturated rings. The van der Waals surface area contributed by atoms with Crippen molar-refractivity contribution in [1.82, 2.24) is 25.0 Å². The third-order valence-electron chi connectivity index (χ3n) is 4.66. The molecule has 24 heavy (non-hydrogen) atoms. The number of aromatic nitrogens is 4. The summed E-state index contributed by atoms with van der Waals surface area (Å²) < 4.78 is 5.34. The number of imidazole rings is 1. The van der Waals surface area contributed by atoms with Crippen LogP contribution in [-0.4, -0.2) is 51.2 Å². The second kappa shape index (κ2) is 6.24. The van der Waals surface area contributed by atoms with Crippen molar-refractivity contribution in [2.75, 3.05) is 31.1 Å². The minimum absolute atomic E-state index is 0.141. The van der Waals surface area contributed by atoms with E-state index in [0.717, 1.165) is 49.6 Å². The van der Waals surface area contributed by atoms with Crippen LogP contribution in [0.3, 0.4) is 0 Å². The summed E-state index contributed by atoms with van der Waals surface area (Å²) in [6, 6.07) is 8.30. The average Bonchev–Trinajstić information content (AvgIpc) is 3.13. The number of rotatable bonds is 3. The lowest BCUT2D eigenvalue weighted by Crippen LogP contribution is -2.33. The highest BCUT2D eigenvalue weighted by Crippen LogP contribution is 2.22. The Morgan fingerprint density at radius 3 is 2.79 bits per heavy atom. The minimum atomic E-state index is 0.141. The van der Waals surface area contributed by atoms with Gasteiger partial charge in [-0.1, -0.05) is 17.3 Å². The van der Waals surface area contributed by atoms with Crippen LogP contribution in [0.2, 0.25) is 0 Å². The Morgan fingerprint density at radius 1 is 1.12 bits per heavy atom. The summed E-state index contributed by atoms with van der Waals surface area (Å²) in [6.07, 6.45) is 1.08. The molecule has 2 aromatic heterocycles. The fourth-order valence-electron chi connectivity index (χ4n) is 3.26. The van der Waals surface area contributed by atoms with Crippen molar-refractivity contribution >= 4 is 17.0 Å². The molecule has 1 aliphatic heterocycles. The molecule has 0 spiro atoms. The van der Waals surface area contributed by atoms with Crippen molar-refractivity contribution < 1.29 is 4.52 Å². The van der Waals surface area contributed by atoms with Crippen LogP contribution in [0.1, 0.15) is 31.1 Å². The summed E-state index contributed by atoms with van der Waals surface area (Å²) >= 11 is 0. The van der Waals surface area contributed by atoms with Gasteiger partial charge in [0, 0.05) is 26.2 Å². The van der Waals surface area contributed by atoms with Crippen LogP contribution in [0.5, 0.6) is 0 Å². The Kier molecular flexibility index (Phi) is 3.93. The van der Waals surface area contributed by atoms with E-state index in [1.165, 1.54) is 0 Å². The van der Waals surface area contributed by atoms with E-state index in [-0.39, 0.29) is 6.04 Å². The summed E-state index contributed by atoms with van der Waals surface area (Å²) in [6.45, 7) is 7.86. The molecule has 126 valence electrons. The van der Waals surface area contributed by atoms with Crippen molar-refractivity contribution in [3.05, 3.63) is 36.0 Å². The molecule has 0 amide bonds. The van der Waals surface area contributed by atoms with Gasteiger partial charge in [-0.3, -0.25) is 4.90 Å². The number of benzene rings is 1. The number of para-hydroxylation sites is 2. The zero-order valence-electron chi connectivity index (χ0n) is 14.1. The molecule has 1 N–H and O–H groups in total. The molecule has 0 unspecified atom stereocenters. The predicted octanol–water partition coefficient (Wildman–Crippen LogP) is 2.53. The molecule has 1 saturated heterocycles. The monoisotopic (exact) mass is 326 g/mol. The van der Waals surface area contributed by atoms with E-state index in [0.29, 0.717) is 11.7 Å². The maximum atomic E-state index is 5.34. The van der Waals surface area contributed by atoms with Gasteiger partial charge in [0.15, 0.2) is 5.82 Å². The summed E-state index contributed by atoms with van der Waals surface area (Å²) in [5, 5.41) is 3.90. The molecule has 0 aliphatic carbocycles. The SMILES string of the molecule is Cc1noc([C@H](C)N2CCCN(c3nc4ccccc4[nH]3)CC2)n1. The minimum Gasteiger partial charge on any atom is -0.341 e. The summed E-state index contributed by atoms with van der Waals surface area (Å²) in [7, 11) is 0. The Bertz CT molecular complexity index is 792. The van der Waals surface area contributed by atoms with Crippen LogP contribution < -0.4 is 4.90 Å². The lowest BCUT2D eigenvalue weighted by atomic mass is 10.2. The lowest BCUT2D eigenvalue weighted by Gasteiger charge is -2.25. The fraction of sp³-hybridized carbons (Fsp3) is 0.471. The van der Waals surface area contributed by atoms with Gasteiger partial charge < -0.3 is 14.4 Å². The van der Waals surface area contributed by atoms with Crippen LogP contribution in [0.4, 0.5) is 5.95 Å².